The minimum Gasteiger partial charge on any atom is -0.378 e. The van der Waals surface area contributed by atoms with Crippen LogP contribution in [0.4, 0.5) is 0 Å². The Morgan fingerprint density at radius 2 is 2.10 bits per heavy atom. The van der Waals surface area contributed by atoms with E-state index in [1.807, 2.05) is 0 Å². The number of morpholine rings is 1. The lowest BCUT2D eigenvalue weighted by molar-refractivity contribution is -0.201. The first-order chi connectivity index (χ1) is 9.96. The van der Waals surface area contributed by atoms with Gasteiger partial charge in [-0.05, 0) is 38.5 Å². The number of rotatable bonds is 1. The SMILES string of the molecule is CC1(C)CN(C(=O)[C@@H]2C[C@H]3C=C[C@H]2C3)C[C@]2(CCOC2)O1. The van der Waals surface area contributed by atoms with Gasteiger partial charge in [-0.1, -0.05) is 12.2 Å². The molecule has 1 saturated carbocycles. The van der Waals surface area contributed by atoms with Gasteiger partial charge in [0.25, 0.3) is 0 Å². The van der Waals surface area contributed by atoms with Gasteiger partial charge < -0.3 is 14.4 Å². The smallest absolute Gasteiger partial charge is 0.226 e. The van der Waals surface area contributed by atoms with E-state index in [2.05, 4.69) is 30.9 Å². The molecule has 0 aromatic heterocycles. The highest BCUT2D eigenvalue weighted by Crippen LogP contribution is 2.45. The molecular weight excluding hydrogens is 266 g/mol. The lowest BCUT2D eigenvalue weighted by Crippen LogP contribution is -2.62. The maximum Gasteiger partial charge on any atom is 0.226 e. The highest BCUT2D eigenvalue weighted by Gasteiger charge is 2.50. The van der Waals surface area contributed by atoms with Gasteiger partial charge in [0.15, 0.2) is 0 Å². The fraction of sp³-hybridized carbons (Fsp3) is 0.824. The molecule has 0 N–H and O–H groups in total. The monoisotopic (exact) mass is 291 g/mol. The van der Waals surface area contributed by atoms with Crippen molar-refractivity contribution < 1.29 is 14.3 Å². The Hall–Kier alpha value is -0.870. The van der Waals surface area contributed by atoms with Crippen LogP contribution in [0.15, 0.2) is 12.2 Å². The van der Waals surface area contributed by atoms with Gasteiger partial charge in [-0.2, -0.15) is 0 Å². The summed E-state index contributed by atoms with van der Waals surface area (Å²) in [7, 11) is 0. The van der Waals surface area contributed by atoms with Crippen LogP contribution in [-0.2, 0) is 14.3 Å². The number of carbonyl (C=O) groups excluding carboxylic acids is 1. The zero-order chi connectivity index (χ0) is 14.7. The quantitative estimate of drug-likeness (QED) is 0.694. The molecule has 0 aromatic rings. The Morgan fingerprint density at radius 3 is 2.71 bits per heavy atom. The number of nitrogens with zero attached hydrogens (tertiary/aromatic N) is 1. The molecule has 0 unspecified atom stereocenters. The predicted octanol–water partition coefficient (Wildman–Crippen LogP) is 2.00. The summed E-state index contributed by atoms with van der Waals surface area (Å²) >= 11 is 0. The Kier molecular flexibility index (Phi) is 2.99. The molecule has 2 aliphatic carbocycles. The van der Waals surface area contributed by atoms with Gasteiger partial charge in [-0.15, -0.1) is 0 Å². The third-order valence-corrected chi connectivity index (χ3v) is 5.52. The molecule has 1 amide bonds. The minimum absolute atomic E-state index is 0.202. The number of amides is 1. The maximum atomic E-state index is 13.0. The molecular formula is C17H25NO3. The van der Waals surface area contributed by atoms with Crippen LogP contribution in [0.3, 0.4) is 0 Å². The van der Waals surface area contributed by atoms with Crippen LogP contribution >= 0.6 is 0 Å². The van der Waals surface area contributed by atoms with E-state index in [0.29, 0.717) is 37.4 Å². The molecule has 4 atom stereocenters. The molecule has 4 rings (SSSR count). The molecule has 3 fully saturated rings. The van der Waals surface area contributed by atoms with Crippen molar-refractivity contribution in [2.24, 2.45) is 17.8 Å². The number of fused-ring (bicyclic) bond motifs is 2. The van der Waals surface area contributed by atoms with Crippen molar-refractivity contribution >= 4 is 5.91 Å². The summed E-state index contributed by atoms with van der Waals surface area (Å²) in [5, 5.41) is 0. The molecule has 0 aromatic carbocycles. The molecule has 2 saturated heterocycles. The molecule has 0 radical (unpaired) electrons. The van der Waals surface area contributed by atoms with Gasteiger partial charge in [0, 0.05) is 25.5 Å². The highest BCUT2D eigenvalue weighted by atomic mass is 16.6. The first-order valence-electron chi connectivity index (χ1n) is 8.22. The van der Waals surface area contributed by atoms with Crippen molar-refractivity contribution in [2.45, 2.75) is 44.3 Å². The predicted molar refractivity (Wildman–Crippen MR) is 78.8 cm³/mol. The zero-order valence-electron chi connectivity index (χ0n) is 13.0. The third kappa shape index (κ3) is 2.33. The fourth-order valence-electron chi connectivity index (χ4n) is 4.76. The second kappa shape index (κ2) is 4.56. The van der Waals surface area contributed by atoms with Gasteiger partial charge in [-0.3, -0.25) is 4.79 Å². The molecule has 4 aliphatic rings. The first kappa shape index (κ1) is 13.8. The summed E-state index contributed by atoms with van der Waals surface area (Å²) < 4.78 is 11.9. The van der Waals surface area contributed by atoms with Crippen molar-refractivity contribution in [2.75, 3.05) is 26.3 Å². The van der Waals surface area contributed by atoms with Crippen molar-refractivity contribution in [1.29, 1.82) is 0 Å². The Labute approximate surface area is 126 Å². The third-order valence-electron chi connectivity index (χ3n) is 5.52. The summed E-state index contributed by atoms with van der Waals surface area (Å²) in [6.45, 7) is 6.95. The van der Waals surface area contributed by atoms with E-state index in [-0.39, 0.29) is 17.1 Å². The van der Waals surface area contributed by atoms with Crippen molar-refractivity contribution in [3.05, 3.63) is 12.2 Å². The number of carbonyl (C=O) groups is 1. The lowest BCUT2D eigenvalue weighted by Gasteiger charge is -2.48. The zero-order valence-corrected chi connectivity index (χ0v) is 13.0. The van der Waals surface area contributed by atoms with Crippen LogP contribution in [0.2, 0.25) is 0 Å². The van der Waals surface area contributed by atoms with Gasteiger partial charge in [-0.25, -0.2) is 0 Å². The van der Waals surface area contributed by atoms with E-state index in [1.165, 1.54) is 6.42 Å². The largest absolute Gasteiger partial charge is 0.378 e. The topological polar surface area (TPSA) is 38.8 Å². The second-order valence-corrected chi connectivity index (χ2v) is 7.93. The van der Waals surface area contributed by atoms with Crippen LogP contribution in [0.1, 0.15) is 33.1 Å². The van der Waals surface area contributed by atoms with Gasteiger partial charge in [0.05, 0.1) is 18.8 Å². The second-order valence-electron chi connectivity index (χ2n) is 7.93. The van der Waals surface area contributed by atoms with E-state index < -0.39 is 0 Å². The van der Waals surface area contributed by atoms with Crippen molar-refractivity contribution in [1.82, 2.24) is 4.90 Å². The highest BCUT2D eigenvalue weighted by molar-refractivity contribution is 5.80. The molecule has 2 aliphatic heterocycles. The van der Waals surface area contributed by atoms with E-state index in [4.69, 9.17) is 9.47 Å². The summed E-state index contributed by atoms with van der Waals surface area (Å²) in [6.07, 6.45) is 7.68. The number of allylic oxidation sites excluding steroid dienone is 2. The minimum atomic E-state index is -0.283. The van der Waals surface area contributed by atoms with Gasteiger partial charge >= 0.3 is 0 Å². The van der Waals surface area contributed by atoms with Crippen molar-refractivity contribution in [3.63, 3.8) is 0 Å². The van der Waals surface area contributed by atoms with Crippen LogP contribution in [0.5, 0.6) is 0 Å². The Morgan fingerprint density at radius 1 is 1.24 bits per heavy atom. The average molecular weight is 291 g/mol. The number of hydrogen-bond acceptors (Lipinski definition) is 3. The van der Waals surface area contributed by atoms with E-state index in [9.17, 15) is 4.79 Å². The van der Waals surface area contributed by atoms with Crippen LogP contribution in [0.25, 0.3) is 0 Å². The standard InChI is InChI=1S/C17H25NO3/c1-16(2)9-18(10-17(21-16)5-6-20-11-17)15(19)14-8-12-3-4-13(14)7-12/h3-4,12-14H,5-11H2,1-2H3/t12-,13-,14+,17-/m0/s1. The molecule has 4 heteroatoms. The first-order valence-corrected chi connectivity index (χ1v) is 8.22. The molecule has 21 heavy (non-hydrogen) atoms. The Balaban J connectivity index is 1.53. The number of hydrogen-bond donors (Lipinski definition) is 0. The maximum absolute atomic E-state index is 13.0. The normalized spacial score (nSPS) is 43.9. The summed E-state index contributed by atoms with van der Waals surface area (Å²) in [5.41, 5.74) is -0.556. The molecule has 116 valence electrons. The summed E-state index contributed by atoms with van der Waals surface area (Å²) in [4.78, 5) is 15.1. The molecule has 2 bridgehead atoms. The Bertz CT molecular complexity index is 478. The van der Waals surface area contributed by atoms with Crippen molar-refractivity contribution in [3.8, 4) is 0 Å². The van der Waals surface area contributed by atoms with E-state index in [0.717, 1.165) is 19.4 Å². The summed E-state index contributed by atoms with van der Waals surface area (Å²) in [5.74, 6) is 1.66. The fourth-order valence-corrected chi connectivity index (χ4v) is 4.76. The van der Waals surface area contributed by atoms with Gasteiger partial charge in [0.1, 0.15) is 5.60 Å². The summed E-state index contributed by atoms with van der Waals surface area (Å²) in [6, 6.07) is 0. The van der Waals surface area contributed by atoms with Crippen LogP contribution in [-0.4, -0.2) is 48.3 Å². The number of ether oxygens (including phenoxy) is 2. The van der Waals surface area contributed by atoms with E-state index >= 15 is 0 Å². The van der Waals surface area contributed by atoms with Gasteiger partial charge in [0.2, 0.25) is 5.91 Å². The molecule has 2 heterocycles. The average Bonchev–Trinajstić information content (AvgIpc) is 3.12. The molecule has 1 spiro atoms. The van der Waals surface area contributed by atoms with Crippen LogP contribution < -0.4 is 0 Å². The van der Waals surface area contributed by atoms with Crippen LogP contribution in [0, 0.1) is 17.8 Å². The lowest BCUT2D eigenvalue weighted by atomic mass is 9.89. The molecule has 4 nitrogen and oxygen atoms in total. The van der Waals surface area contributed by atoms with E-state index in [1.54, 1.807) is 0 Å².